The molecule has 0 aromatic carbocycles. The van der Waals surface area contributed by atoms with Crippen molar-refractivity contribution in [2.45, 2.75) is 303 Å². The minimum atomic E-state index is -4.98. The largest absolute Gasteiger partial charge is 0.472 e. The molecule has 0 aromatic rings. The molecule has 0 amide bonds. The number of carbonyl (C=O) groups is 4. The van der Waals surface area contributed by atoms with Crippen LogP contribution in [0.2, 0.25) is 0 Å². The third-order valence-electron chi connectivity index (χ3n) is 14.5. The molecule has 530 valence electrons. The normalized spacial score (nSPS) is 14.6. The first-order chi connectivity index (χ1) is 44.7. The Balaban J connectivity index is 5.36. The summed E-state index contributed by atoms with van der Waals surface area (Å²) in [4.78, 5) is 72.5. The minimum absolute atomic E-state index is 0.0690. The van der Waals surface area contributed by atoms with Crippen molar-refractivity contribution in [3.8, 4) is 0 Å². The third-order valence-corrected chi connectivity index (χ3v) is 16.4. The molecule has 0 radical (unpaired) electrons. The Hall–Kier alpha value is -4.02. The van der Waals surface area contributed by atoms with Gasteiger partial charge in [-0.1, -0.05) is 240 Å². The van der Waals surface area contributed by atoms with Crippen LogP contribution in [0.4, 0.5) is 0 Å². The number of esters is 4. The van der Waals surface area contributed by atoms with Crippen LogP contribution in [0, 0.1) is 0 Å². The quantitative estimate of drug-likeness (QED) is 0.0169. The molecule has 5 atom stereocenters. The second kappa shape index (κ2) is 65.6. The van der Waals surface area contributed by atoms with Gasteiger partial charge in [0.15, 0.2) is 12.2 Å². The Labute approximate surface area is 557 Å². The maximum Gasteiger partial charge on any atom is 0.472 e. The number of ether oxygens (including phenoxy) is 4. The number of rotatable bonds is 66. The molecule has 0 aromatic heterocycles. The van der Waals surface area contributed by atoms with E-state index in [2.05, 4.69) is 125 Å². The molecule has 92 heavy (non-hydrogen) atoms. The van der Waals surface area contributed by atoms with Gasteiger partial charge in [0, 0.05) is 25.7 Å². The van der Waals surface area contributed by atoms with E-state index in [-0.39, 0.29) is 25.7 Å². The molecule has 0 saturated heterocycles. The monoisotopic (exact) mass is 1340 g/mol. The van der Waals surface area contributed by atoms with E-state index in [1.54, 1.807) is 0 Å². The molecular weight excluding hydrogens is 1210 g/mol. The second-order valence-electron chi connectivity index (χ2n) is 23.4. The Morgan fingerprint density at radius 3 is 0.935 bits per heavy atom. The van der Waals surface area contributed by atoms with Crippen LogP contribution in [0.1, 0.15) is 285 Å². The minimum Gasteiger partial charge on any atom is -0.462 e. The van der Waals surface area contributed by atoms with Crippen LogP contribution in [-0.4, -0.2) is 96.7 Å². The van der Waals surface area contributed by atoms with Crippen LogP contribution < -0.4 is 0 Å². The van der Waals surface area contributed by atoms with Crippen LogP contribution in [0.15, 0.2) is 97.2 Å². The topological polar surface area (TPSA) is 237 Å². The van der Waals surface area contributed by atoms with Crippen molar-refractivity contribution in [1.82, 2.24) is 0 Å². The highest BCUT2D eigenvalue weighted by Gasteiger charge is 2.30. The third kappa shape index (κ3) is 64.7. The number of hydrogen-bond acceptors (Lipinski definition) is 15. The van der Waals surface area contributed by atoms with Gasteiger partial charge in [0.2, 0.25) is 0 Å². The summed E-state index contributed by atoms with van der Waals surface area (Å²) in [5.74, 6) is -2.25. The predicted octanol–water partition coefficient (Wildman–Crippen LogP) is 19.7. The van der Waals surface area contributed by atoms with Gasteiger partial charge in [-0.15, -0.1) is 0 Å². The summed E-state index contributed by atoms with van der Waals surface area (Å²) in [6.07, 6.45) is 65.7. The van der Waals surface area contributed by atoms with Gasteiger partial charge >= 0.3 is 39.5 Å². The molecular formula is C73H126O17P2. The van der Waals surface area contributed by atoms with Gasteiger partial charge in [-0.25, -0.2) is 9.13 Å². The van der Waals surface area contributed by atoms with Crippen molar-refractivity contribution in [2.75, 3.05) is 39.6 Å². The van der Waals surface area contributed by atoms with Crippen molar-refractivity contribution in [3.05, 3.63) is 97.2 Å². The zero-order valence-corrected chi connectivity index (χ0v) is 59.2. The van der Waals surface area contributed by atoms with E-state index >= 15 is 0 Å². The van der Waals surface area contributed by atoms with Gasteiger partial charge in [0.25, 0.3) is 0 Å². The lowest BCUT2D eigenvalue weighted by molar-refractivity contribution is -0.161. The van der Waals surface area contributed by atoms with Gasteiger partial charge in [0.05, 0.1) is 26.4 Å². The molecule has 0 spiro atoms. The summed E-state index contributed by atoms with van der Waals surface area (Å²) in [6.45, 7) is 4.53. The molecule has 0 heterocycles. The number of hydrogen-bond donors (Lipinski definition) is 3. The highest BCUT2D eigenvalue weighted by molar-refractivity contribution is 7.47. The number of carbonyl (C=O) groups excluding carboxylic acids is 4. The van der Waals surface area contributed by atoms with Crippen molar-refractivity contribution in [2.24, 2.45) is 0 Å². The molecule has 17 nitrogen and oxygen atoms in total. The van der Waals surface area contributed by atoms with Crippen molar-refractivity contribution >= 4 is 39.5 Å². The standard InChI is InChI=1S/C73H126O17P2/c1-5-9-13-17-21-25-29-32-33-36-39-42-46-50-54-58-71(76)84-64-69(90-73(78)60-56-52-48-44-40-35-31-27-23-19-15-11-7-3)66-88-92(81,82)86-62-67(74)61-85-91(79,80)87-65-68(89-72(77)59-55-51-47-43-37-28-24-20-16-12-8-4)63-83-70(75)57-53-49-45-41-38-34-30-26-22-18-14-10-6-2/h9,13-15,18-19,21,25-27,30-33,39,42,67-69,74H,5-8,10-12,16-17,20,22-24,28-29,34-38,40-41,43-66H2,1-4H3,(H,79,80)(H,81,82)/b13-9-,18-14-,19-15-,25-21-,30-26-,31-27-,33-32-,42-39-. The van der Waals surface area contributed by atoms with Crippen molar-refractivity contribution in [1.29, 1.82) is 0 Å². The first-order valence-electron chi connectivity index (χ1n) is 35.5. The Kier molecular flexibility index (Phi) is 62.8. The van der Waals surface area contributed by atoms with Gasteiger partial charge in [0.1, 0.15) is 19.3 Å². The summed E-state index contributed by atoms with van der Waals surface area (Å²) in [5.41, 5.74) is 0. The van der Waals surface area contributed by atoms with Gasteiger partial charge in [-0.3, -0.25) is 37.3 Å². The van der Waals surface area contributed by atoms with Gasteiger partial charge in [-0.2, -0.15) is 0 Å². The fourth-order valence-corrected chi connectivity index (χ4v) is 10.7. The van der Waals surface area contributed by atoms with E-state index in [0.717, 1.165) is 167 Å². The van der Waals surface area contributed by atoms with Crippen LogP contribution in [0.25, 0.3) is 0 Å². The second-order valence-corrected chi connectivity index (χ2v) is 26.4. The molecule has 0 aliphatic heterocycles. The lowest BCUT2D eigenvalue weighted by Gasteiger charge is -2.21. The molecule has 0 aliphatic carbocycles. The zero-order valence-electron chi connectivity index (χ0n) is 57.4. The van der Waals surface area contributed by atoms with Crippen LogP contribution >= 0.6 is 15.6 Å². The smallest absolute Gasteiger partial charge is 0.462 e. The zero-order chi connectivity index (χ0) is 67.5. The Bertz CT molecular complexity index is 2130. The molecule has 5 unspecified atom stereocenters. The van der Waals surface area contributed by atoms with E-state index < -0.39 is 97.5 Å². The Morgan fingerprint density at radius 1 is 0.315 bits per heavy atom. The molecule has 0 saturated carbocycles. The number of aliphatic hydroxyl groups is 1. The van der Waals surface area contributed by atoms with Crippen molar-refractivity contribution < 1.29 is 80.2 Å². The number of phosphoric ester groups is 2. The lowest BCUT2D eigenvalue weighted by atomic mass is 10.1. The SMILES string of the molecule is CC/C=C\C/C=C\C/C=C\C/C=C\CCCCC(=O)OCC(COP(=O)(O)OCC(O)COP(=O)(O)OCC(COC(=O)CCCCCCC/C=C\C/C=C\CCC)OC(=O)CCCCCCCCCCCCC)OC(=O)CCCCCCC/C=C\C/C=C\CCC. The highest BCUT2D eigenvalue weighted by atomic mass is 31.2. The van der Waals surface area contributed by atoms with E-state index in [1.807, 2.05) is 0 Å². The fourth-order valence-electron chi connectivity index (χ4n) is 9.11. The van der Waals surface area contributed by atoms with E-state index in [1.165, 1.54) is 38.5 Å². The van der Waals surface area contributed by atoms with E-state index in [9.17, 15) is 43.2 Å². The van der Waals surface area contributed by atoms with E-state index in [4.69, 9.17) is 37.0 Å². The van der Waals surface area contributed by atoms with Gasteiger partial charge in [-0.05, 0) is 116 Å². The molecule has 0 fully saturated rings. The molecule has 0 bridgehead atoms. The summed E-state index contributed by atoms with van der Waals surface area (Å²) in [6, 6.07) is 0. The van der Waals surface area contributed by atoms with Crippen LogP contribution in [0.3, 0.4) is 0 Å². The molecule has 0 rings (SSSR count). The first-order valence-corrected chi connectivity index (χ1v) is 38.5. The molecule has 19 heteroatoms. The predicted molar refractivity (Wildman–Crippen MR) is 372 cm³/mol. The maximum atomic E-state index is 13.0. The summed E-state index contributed by atoms with van der Waals surface area (Å²) >= 11 is 0. The van der Waals surface area contributed by atoms with Crippen LogP contribution in [-0.2, 0) is 65.4 Å². The fraction of sp³-hybridized carbons (Fsp3) is 0.726. The summed E-state index contributed by atoms with van der Waals surface area (Å²) in [5, 5.41) is 10.6. The molecule has 3 N–H and O–H groups in total. The number of aliphatic hydroxyl groups excluding tert-OH is 1. The highest BCUT2D eigenvalue weighted by Crippen LogP contribution is 2.45. The lowest BCUT2D eigenvalue weighted by Crippen LogP contribution is -2.30. The average molecular weight is 1340 g/mol. The maximum absolute atomic E-state index is 13.0. The summed E-state index contributed by atoms with van der Waals surface area (Å²) < 4.78 is 68.2. The first kappa shape index (κ1) is 88.0. The Morgan fingerprint density at radius 2 is 0.587 bits per heavy atom. The summed E-state index contributed by atoms with van der Waals surface area (Å²) in [7, 11) is -9.95. The number of unbranched alkanes of at least 4 members (excludes halogenated alkanes) is 24. The van der Waals surface area contributed by atoms with Crippen molar-refractivity contribution in [3.63, 3.8) is 0 Å². The molecule has 0 aliphatic rings. The van der Waals surface area contributed by atoms with Crippen LogP contribution in [0.5, 0.6) is 0 Å². The van der Waals surface area contributed by atoms with Gasteiger partial charge < -0.3 is 33.8 Å². The number of phosphoric acid groups is 2. The van der Waals surface area contributed by atoms with E-state index in [0.29, 0.717) is 25.7 Å². The number of allylic oxidation sites excluding steroid dienone is 16. The average Bonchev–Trinajstić information content (AvgIpc) is 2.73.